The highest BCUT2D eigenvalue weighted by Gasteiger charge is 2.28. The Morgan fingerprint density at radius 3 is 0.785 bits per heavy atom. The van der Waals surface area contributed by atoms with E-state index in [9.17, 15) is 0 Å². The zero-order valence-electron chi connectivity index (χ0n) is 72.5. The van der Waals surface area contributed by atoms with Gasteiger partial charge in [0.15, 0.2) is 5.65 Å². The Balaban J connectivity index is 0.000000101. The third-order valence-corrected chi connectivity index (χ3v) is 27.5. The second kappa shape index (κ2) is 30.0. The summed E-state index contributed by atoms with van der Waals surface area (Å²) >= 11 is 0. The summed E-state index contributed by atoms with van der Waals surface area (Å²) in [7, 11) is 0. The Kier molecular flexibility index (Phi) is 16.7. The van der Waals surface area contributed by atoms with Crippen molar-refractivity contribution in [2.75, 3.05) is 0 Å². The smallest absolute Gasteiger partial charge is 0.164 e. The number of para-hydroxylation sites is 12. The summed E-state index contributed by atoms with van der Waals surface area (Å²) in [5.41, 5.74) is 31.2. The monoisotopic (exact) mass is 1730 g/mol. The highest BCUT2D eigenvalue weighted by atomic mass is 15.1. The third-order valence-electron chi connectivity index (χ3n) is 27.5. The van der Waals surface area contributed by atoms with Crippen molar-refractivity contribution in [3.8, 4) is 51.2 Å². The van der Waals surface area contributed by atoms with Crippen molar-refractivity contribution in [1.29, 1.82) is 0 Å². The first-order valence-electron chi connectivity index (χ1n) is 45.5. The predicted octanol–water partition coefficient (Wildman–Crippen LogP) is 29.3. The van der Waals surface area contributed by atoms with Gasteiger partial charge in [0.1, 0.15) is 29.5 Å². The van der Waals surface area contributed by atoms with Crippen LogP contribution in [0, 0.1) is 0 Å². The summed E-state index contributed by atoms with van der Waals surface area (Å²) in [5, 5.41) is 20.4. The molecular weight excluding hydrogens is 1650 g/mol. The molecule has 12 aromatic heterocycles. The summed E-state index contributed by atoms with van der Waals surface area (Å²) in [6, 6.07) is 150. The minimum Gasteiger partial charge on any atom is -0.309 e. The van der Waals surface area contributed by atoms with Crippen molar-refractivity contribution < 1.29 is 0 Å². The fraction of sp³-hybridized carbons (Fsp3) is 0. The molecule has 15 heteroatoms. The van der Waals surface area contributed by atoms with Gasteiger partial charge in [0.25, 0.3) is 0 Å². The van der Waals surface area contributed by atoms with Crippen LogP contribution in [0.25, 0.3) is 248 Å². The second-order valence-corrected chi connectivity index (χ2v) is 34.6. The summed E-state index contributed by atoms with van der Waals surface area (Å²) in [4.78, 5) is 27.9. The molecular formula is C120H75N15. The molecule has 0 saturated heterocycles. The largest absolute Gasteiger partial charge is 0.309 e. The number of rotatable bonds is 9. The standard InChI is InChI=1S/3C40H25N5/c1-3-11-26(12-4-1)44-34-17-9-7-15-29(34)30-20-22-37-38(39(30)44)31-16-8-10-18-35(31)43(37)28-19-21-36-32(23-28)33-24-41-25-42-40(33)45(36)27-13-5-2-6-14-27;1-3-11-26(12-4-1)43-33-17-9-7-15-29(33)38-36(43)21-22-37-39(38)30-16-8-10-18-34(30)44(37)28-19-20-35-31(23-28)32-24-41-25-42-40(32)45(35)27-13-5-2-6-14-27;1-3-11-26(12-4-1)43-32-17-9-7-15-29(32)37-35(43)21-22-36-38(37)30-16-8-10-18-33(30)44(36)28-19-20-34-31(25-28)39-40(42-24-23-41-39)45(34)27-13-5-2-6-14-27/h3*1-25H. The molecule has 30 rings (SSSR count). The molecule has 0 radical (unpaired) electrons. The van der Waals surface area contributed by atoms with E-state index in [1.165, 1.54) is 131 Å². The number of aromatic nitrogens is 15. The number of hydrogen-bond acceptors (Lipinski definition) is 6. The molecule has 0 aliphatic carbocycles. The fourth-order valence-corrected chi connectivity index (χ4v) is 22.1. The Morgan fingerprint density at radius 2 is 0.407 bits per heavy atom. The normalized spacial score (nSPS) is 12.0. The number of fused-ring (bicyclic) bond motifs is 30. The highest BCUT2D eigenvalue weighted by molar-refractivity contribution is 6.32. The molecule has 630 valence electrons. The van der Waals surface area contributed by atoms with Crippen molar-refractivity contribution in [1.82, 2.24) is 71.0 Å². The van der Waals surface area contributed by atoms with Crippen LogP contribution < -0.4 is 0 Å². The minimum atomic E-state index is 0.855. The van der Waals surface area contributed by atoms with E-state index in [-0.39, 0.29) is 0 Å². The Bertz CT molecular complexity index is 9680. The molecule has 0 fully saturated rings. The van der Waals surface area contributed by atoms with Gasteiger partial charge < -0.3 is 27.4 Å². The highest BCUT2D eigenvalue weighted by Crippen LogP contribution is 2.49. The molecule has 0 amide bonds. The first-order valence-corrected chi connectivity index (χ1v) is 45.5. The molecule has 0 atom stereocenters. The van der Waals surface area contributed by atoms with E-state index >= 15 is 0 Å². The fourth-order valence-electron chi connectivity index (χ4n) is 22.1. The van der Waals surface area contributed by atoms with E-state index in [0.29, 0.717) is 0 Å². The molecule has 0 unspecified atom stereocenters. The van der Waals surface area contributed by atoms with Crippen LogP contribution in [0.3, 0.4) is 0 Å². The molecule has 0 spiro atoms. The molecule has 12 heterocycles. The maximum Gasteiger partial charge on any atom is 0.164 e. The van der Waals surface area contributed by atoms with E-state index in [0.717, 1.165) is 117 Å². The number of nitrogens with zero attached hydrogens (tertiary/aromatic N) is 15. The minimum absolute atomic E-state index is 0.855. The van der Waals surface area contributed by atoms with Crippen LogP contribution >= 0.6 is 0 Å². The molecule has 18 aromatic carbocycles. The summed E-state index contributed by atoms with van der Waals surface area (Å²) in [6.45, 7) is 0. The number of hydrogen-bond donors (Lipinski definition) is 0. The average molecular weight is 1730 g/mol. The van der Waals surface area contributed by atoms with Crippen molar-refractivity contribution in [2.24, 2.45) is 0 Å². The Labute approximate surface area is 769 Å². The Hall–Kier alpha value is -18.6. The van der Waals surface area contributed by atoms with Gasteiger partial charge in [0.05, 0.1) is 82.8 Å². The van der Waals surface area contributed by atoms with E-state index < -0.39 is 0 Å². The first kappa shape index (κ1) is 75.4. The SMILES string of the molecule is c1ccc(-n2c3ccc(-n4c5ccccc5c5c4ccc4c6ccccc6n(-c6ccccc6)c45)cc3c3cncnc32)cc1.c1ccc(-n2c3ccccc3c3c4c5ccccc5n(-c5ccc6c(c5)c5cncnc5n6-c5ccccc5)c4ccc32)cc1.c1ccc(-n2c3ccccc3c3c4c5ccccc5n(-c5ccc6c(c5)c5nccnc5n6-c5ccccc5)c4ccc32)cc1. The van der Waals surface area contributed by atoms with Gasteiger partial charge in [-0.1, -0.05) is 224 Å². The molecule has 0 saturated carbocycles. The lowest BCUT2D eigenvalue weighted by Crippen LogP contribution is -1.96. The molecule has 0 N–H and O–H groups in total. The van der Waals surface area contributed by atoms with Crippen molar-refractivity contribution in [3.63, 3.8) is 0 Å². The van der Waals surface area contributed by atoms with Crippen LogP contribution in [-0.2, 0) is 0 Å². The van der Waals surface area contributed by atoms with E-state index in [2.05, 4.69) is 451 Å². The molecule has 15 nitrogen and oxygen atoms in total. The van der Waals surface area contributed by atoms with Crippen LogP contribution in [-0.4, -0.2) is 71.0 Å². The molecule has 0 bridgehead atoms. The first-order chi connectivity index (χ1) is 67.1. The zero-order valence-corrected chi connectivity index (χ0v) is 72.5. The summed E-state index contributed by atoms with van der Waals surface area (Å²) in [5.74, 6) is 0. The summed E-state index contributed by atoms with van der Waals surface area (Å²) in [6.07, 6.45) is 10.7. The Morgan fingerprint density at radius 1 is 0.148 bits per heavy atom. The van der Waals surface area contributed by atoms with Gasteiger partial charge in [-0.3, -0.25) is 18.7 Å². The lowest BCUT2D eigenvalue weighted by atomic mass is 10.1. The van der Waals surface area contributed by atoms with Gasteiger partial charge >= 0.3 is 0 Å². The molecule has 30 aromatic rings. The molecule has 0 aliphatic rings. The van der Waals surface area contributed by atoms with E-state index in [1.807, 2.05) is 30.6 Å². The van der Waals surface area contributed by atoms with Gasteiger partial charge in [-0.15, -0.1) is 0 Å². The maximum absolute atomic E-state index is 4.81. The molecule has 0 aliphatic heterocycles. The van der Waals surface area contributed by atoms with Crippen molar-refractivity contribution >= 4 is 197 Å². The third kappa shape index (κ3) is 11.3. The lowest BCUT2D eigenvalue weighted by molar-refractivity contribution is 1.11. The topological polar surface area (TPSA) is 122 Å². The maximum atomic E-state index is 4.81. The van der Waals surface area contributed by atoms with Gasteiger partial charge in [-0.25, -0.2) is 24.9 Å². The van der Waals surface area contributed by atoms with Crippen LogP contribution in [0.2, 0.25) is 0 Å². The van der Waals surface area contributed by atoms with Gasteiger partial charge in [-0.2, -0.15) is 0 Å². The molecule has 135 heavy (non-hydrogen) atoms. The van der Waals surface area contributed by atoms with Crippen LogP contribution in [0.4, 0.5) is 0 Å². The van der Waals surface area contributed by atoms with Gasteiger partial charge in [-0.05, 0) is 194 Å². The zero-order chi connectivity index (χ0) is 88.5. The quantitative estimate of drug-likeness (QED) is 0.142. The second-order valence-electron chi connectivity index (χ2n) is 34.6. The predicted molar refractivity (Wildman–Crippen MR) is 555 cm³/mol. The average Bonchev–Trinajstić information content (AvgIpc) is 1.54. The summed E-state index contributed by atoms with van der Waals surface area (Å²) < 4.78 is 21.1. The lowest BCUT2D eigenvalue weighted by Gasteiger charge is -2.11. The van der Waals surface area contributed by atoms with Crippen LogP contribution in [0.15, 0.2) is 456 Å². The van der Waals surface area contributed by atoms with Crippen LogP contribution in [0.1, 0.15) is 0 Å². The van der Waals surface area contributed by atoms with E-state index in [1.54, 1.807) is 25.0 Å². The van der Waals surface area contributed by atoms with E-state index in [4.69, 9.17) is 19.9 Å². The van der Waals surface area contributed by atoms with Gasteiger partial charge in [0, 0.05) is 168 Å². The number of benzene rings is 18. The van der Waals surface area contributed by atoms with Crippen LogP contribution in [0.5, 0.6) is 0 Å². The van der Waals surface area contributed by atoms with Crippen molar-refractivity contribution in [2.45, 2.75) is 0 Å². The van der Waals surface area contributed by atoms with Gasteiger partial charge in [0.2, 0.25) is 0 Å². The van der Waals surface area contributed by atoms with Crippen molar-refractivity contribution in [3.05, 3.63) is 456 Å².